The molecule has 2 N–H and O–H groups in total. The fourth-order valence-corrected chi connectivity index (χ4v) is 4.45. The molecule has 1 amide bonds. The molecule has 264 valence electrons. The summed E-state index contributed by atoms with van der Waals surface area (Å²) in [6.07, 6.45) is 18.2. The van der Waals surface area contributed by atoms with Gasteiger partial charge < -0.3 is 34.1 Å². The Morgan fingerprint density at radius 3 is 1.44 bits per heavy atom. The van der Waals surface area contributed by atoms with Crippen LogP contribution >= 0.6 is 0 Å². The van der Waals surface area contributed by atoms with Crippen LogP contribution in [0.1, 0.15) is 129 Å². The standard InChI is InChI=1S/C34H63NO10/c1-2-3-4-5-6-7-8-9-10-11-12-13-14-15-22-45-34(40)19-17-31(36)16-18-32(37)35-21-24-42-26-28-44-30-29-43-27-25-41-23-20-33(38)39/h2-30H2,1H3,(H,35,37)(H,38,39). The molecule has 0 spiro atoms. The number of carboxylic acid groups (broad SMARTS) is 1. The fraction of sp³-hybridized carbons (Fsp3) is 0.882. The molecule has 0 atom stereocenters. The lowest BCUT2D eigenvalue weighted by atomic mass is 10.0. The van der Waals surface area contributed by atoms with E-state index in [1.54, 1.807) is 0 Å². The first-order valence-corrected chi connectivity index (χ1v) is 17.4. The van der Waals surface area contributed by atoms with Gasteiger partial charge in [0.2, 0.25) is 5.91 Å². The molecule has 45 heavy (non-hydrogen) atoms. The smallest absolute Gasteiger partial charge is 0.306 e. The third kappa shape index (κ3) is 36.3. The maximum absolute atomic E-state index is 12.0. The second-order valence-corrected chi connectivity index (χ2v) is 11.3. The zero-order valence-corrected chi connectivity index (χ0v) is 28.1. The Bertz CT molecular complexity index is 719. The summed E-state index contributed by atoms with van der Waals surface area (Å²) in [7, 11) is 0. The van der Waals surface area contributed by atoms with Crippen LogP contribution in [0.4, 0.5) is 0 Å². The molecule has 11 nitrogen and oxygen atoms in total. The number of rotatable bonds is 36. The average molecular weight is 646 g/mol. The van der Waals surface area contributed by atoms with Crippen molar-refractivity contribution in [2.24, 2.45) is 0 Å². The zero-order valence-electron chi connectivity index (χ0n) is 28.1. The molecule has 0 radical (unpaired) electrons. The van der Waals surface area contributed by atoms with Gasteiger partial charge in [0.1, 0.15) is 5.78 Å². The van der Waals surface area contributed by atoms with Crippen molar-refractivity contribution in [1.29, 1.82) is 0 Å². The highest BCUT2D eigenvalue weighted by Crippen LogP contribution is 2.13. The number of esters is 1. The van der Waals surface area contributed by atoms with E-state index in [2.05, 4.69) is 12.2 Å². The molecular weight excluding hydrogens is 582 g/mol. The molecule has 0 aromatic rings. The molecule has 0 aliphatic rings. The molecule has 0 aliphatic heterocycles. The quantitative estimate of drug-likeness (QED) is 0.0633. The first-order valence-electron chi connectivity index (χ1n) is 17.4. The number of unbranched alkanes of at least 4 members (excludes halogenated alkanes) is 13. The summed E-state index contributed by atoms with van der Waals surface area (Å²) in [4.78, 5) is 46.2. The first kappa shape index (κ1) is 42.9. The van der Waals surface area contributed by atoms with Gasteiger partial charge in [0.25, 0.3) is 0 Å². The number of hydrogen-bond donors (Lipinski definition) is 2. The summed E-state index contributed by atoms with van der Waals surface area (Å²) >= 11 is 0. The van der Waals surface area contributed by atoms with Gasteiger partial charge in [0, 0.05) is 25.8 Å². The van der Waals surface area contributed by atoms with Crippen molar-refractivity contribution in [2.45, 2.75) is 129 Å². The van der Waals surface area contributed by atoms with Gasteiger partial charge in [0.05, 0.1) is 72.3 Å². The van der Waals surface area contributed by atoms with Gasteiger partial charge >= 0.3 is 11.9 Å². The van der Waals surface area contributed by atoms with E-state index >= 15 is 0 Å². The number of hydrogen-bond acceptors (Lipinski definition) is 9. The largest absolute Gasteiger partial charge is 0.481 e. The summed E-state index contributed by atoms with van der Waals surface area (Å²) in [6.45, 7) is 5.78. The normalized spacial score (nSPS) is 11.0. The zero-order chi connectivity index (χ0) is 33.1. The minimum atomic E-state index is -0.891. The molecule has 0 unspecified atom stereocenters. The van der Waals surface area contributed by atoms with E-state index in [0.717, 1.165) is 12.8 Å². The minimum absolute atomic E-state index is 0.0223. The number of aliphatic carboxylic acids is 1. The summed E-state index contributed by atoms with van der Waals surface area (Å²) < 4.78 is 26.4. The second-order valence-electron chi connectivity index (χ2n) is 11.3. The monoisotopic (exact) mass is 645 g/mol. The molecular formula is C34H63NO10. The average Bonchev–Trinajstić information content (AvgIpc) is 3.02. The molecule has 0 fully saturated rings. The third-order valence-electron chi connectivity index (χ3n) is 7.14. The predicted octanol–water partition coefficient (Wildman–Crippen LogP) is 5.80. The number of carboxylic acids is 1. The molecule has 0 saturated heterocycles. The lowest BCUT2D eigenvalue weighted by Crippen LogP contribution is -2.28. The van der Waals surface area contributed by atoms with Crippen LogP contribution in [-0.4, -0.2) is 94.7 Å². The summed E-state index contributed by atoms with van der Waals surface area (Å²) in [5.74, 6) is -1.59. The number of ether oxygens (including phenoxy) is 5. The number of Topliss-reactive ketones (excluding diaryl/α,β-unsaturated/α-hetero) is 1. The summed E-state index contributed by atoms with van der Waals surface area (Å²) in [5, 5.41) is 11.2. The Labute approximate surface area is 271 Å². The summed E-state index contributed by atoms with van der Waals surface area (Å²) in [5.41, 5.74) is 0. The van der Waals surface area contributed by atoms with Crippen molar-refractivity contribution >= 4 is 23.6 Å². The maximum Gasteiger partial charge on any atom is 0.306 e. The van der Waals surface area contributed by atoms with Crippen LogP contribution in [0.25, 0.3) is 0 Å². The lowest BCUT2D eigenvalue weighted by molar-refractivity contribution is -0.145. The van der Waals surface area contributed by atoms with Gasteiger partial charge in [-0.15, -0.1) is 0 Å². The predicted molar refractivity (Wildman–Crippen MR) is 173 cm³/mol. The molecule has 0 rings (SSSR count). The number of carbonyl (C=O) groups is 4. The van der Waals surface area contributed by atoms with Gasteiger partial charge in [-0.2, -0.15) is 0 Å². The van der Waals surface area contributed by atoms with E-state index in [1.165, 1.54) is 77.0 Å². The molecule has 11 heteroatoms. The minimum Gasteiger partial charge on any atom is -0.481 e. The Morgan fingerprint density at radius 1 is 0.489 bits per heavy atom. The van der Waals surface area contributed by atoms with Crippen molar-refractivity contribution in [3.8, 4) is 0 Å². The van der Waals surface area contributed by atoms with Gasteiger partial charge in [0.15, 0.2) is 0 Å². The Kier molecular flexibility index (Phi) is 33.2. The molecule has 0 aliphatic carbocycles. The third-order valence-corrected chi connectivity index (χ3v) is 7.14. The SMILES string of the molecule is CCCCCCCCCCCCCCCCOC(=O)CCC(=O)CCC(=O)NCCOCCOCCOCCOCCC(=O)O. The fourth-order valence-electron chi connectivity index (χ4n) is 4.45. The van der Waals surface area contributed by atoms with Crippen LogP contribution < -0.4 is 5.32 Å². The Morgan fingerprint density at radius 2 is 0.933 bits per heavy atom. The Balaban J connectivity index is 3.39. The van der Waals surface area contributed by atoms with Crippen molar-refractivity contribution in [2.75, 3.05) is 66.0 Å². The number of amides is 1. The highest BCUT2D eigenvalue weighted by molar-refractivity contribution is 5.86. The Hall–Kier alpha value is -2.08. The van der Waals surface area contributed by atoms with E-state index in [-0.39, 0.29) is 56.4 Å². The van der Waals surface area contributed by atoms with Crippen LogP contribution in [0, 0.1) is 0 Å². The molecule has 0 saturated carbocycles. The molecule has 0 heterocycles. The maximum atomic E-state index is 12.0. The van der Waals surface area contributed by atoms with E-state index in [0.29, 0.717) is 59.4 Å². The van der Waals surface area contributed by atoms with Crippen LogP contribution in [0.2, 0.25) is 0 Å². The van der Waals surface area contributed by atoms with Gasteiger partial charge in [-0.25, -0.2) is 0 Å². The van der Waals surface area contributed by atoms with Crippen molar-refractivity contribution in [3.05, 3.63) is 0 Å². The van der Waals surface area contributed by atoms with Crippen LogP contribution in [0.5, 0.6) is 0 Å². The first-order chi connectivity index (χ1) is 22.0. The van der Waals surface area contributed by atoms with Crippen LogP contribution in [0.3, 0.4) is 0 Å². The van der Waals surface area contributed by atoms with Crippen LogP contribution in [-0.2, 0) is 42.9 Å². The van der Waals surface area contributed by atoms with E-state index in [4.69, 9.17) is 28.8 Å². The van der Waals surface area contributed by atoms with Crippen molar-refractivity contribution in [1.82, 2.24) is 5.32 Å². The number of carbonyl (C=O) groups excluding carboxylic acids is 3. The van der Waals surface area contributed by atoms with Gasteiger partial charge in [-0.05, 0) is 6.42 Å². The van der Waals surface area contributed by atoms with E-state index in [9.17, 15) is 19.2 Å². The van der Waals surface area contributed by atoms with Gasteiger partial charge in [-0.3, -0.25) is 19.2 Å². The molecule has 0 bridgehead atoms. The molecule has 0 aromatic carbocycles. The molecule has 0 aromatic heterocycles. The number of nitrogens with one attached hydrogen (secondary N) is 1. The van der Waals surface area contributed by atoms with Crippen molar-refractivity contribution in [3.63, 3.8) is 0 Å². The highest BCUT2D eigenvalue weighted by Gasteiger charge is 2.10. The second kappa shape index (κ2) is 34.8. The van der Waals surface area contributed by atoms with E-state index in [1.807, 2.05) is 0 Å². The van der Waals surface area contributed by atoms with Crippen molar-refractivity contribution < 1.29 is 48.0 Å². The number of ketones is 1. The topological polar surface area (TPSA) is 147 Å². The lowest BCUT2D eigenvalue weighted by Gasteiger charge is -2.08. The van der Waals surface area contributed by atoms with Gasteiger partial charge in [-0.1, -0.05) is 90.4 Å². The van der Waals surface area contributed by atoms with E-state index < -0.39 is 5.97 Å². The highest BCUT2D eigenvalue weighted by atomic mass is 16.6. The summed E-state index contributed by atoms with van der Waals surface area (Å²) in [6, 6.07) is 0. The van der Waals surface area contributed by atoms with Crippen LogP contribution in [0.15, 0.2) is 0 Å².